The third-order valence-electron chi connectivity index (χ3n) is 2.95. The Labute approximate surface area is 132 Å². The van der Waals surface area contributed by atoms with Crippen LogP contribution in [-0.2, 0) is 16.6 Å². The first kappa shape index (κ1) is 18.6. The Hall–Kier alpha value is -0.470. The molecular weight excluding hydrogens is 306 g/mol. The summed E-state index contributed by atoms with van der Waals surface area (Å²) in [6.45, 7) is 6.32. The van der Waals surface area contributed by atoms with Crippen LogP contribution in [0, 0.1) is 0 Å². The predicted octanol–water partition coefficient (Wildman–Crippen LogP) is 1.87. The number of rotatable bonds is 10. The summed E-state index contributed by atoms with van der Waals surface area (Å²) in [7, 11) is 0.673. The lowest BCUT2D eigenvalue weighted by atomic mass is 10.3. The zero-order valence-corrected chi connectivity index (χ0v) is 15.0. The van der Waals surface area contributed by atoms with Crippen LogP contribution in [0.1, 0.15) is 31.6 Å². The van der Waals surface area contributed by atoms with Crippen molar-refractivity contribution in [2.75, 3.05) is 27.2 Å². The lowest BCUT2D eigenvalue weighted by Gasteiger charge is -2.09. The van der Waals surface area contributed by atoms with E-state index in [0.29, 0.717) is 24.0 Å². The molecule has 0 atom stereocenters. The topological polar surface area (TPSA) is 61.4 Å². The normalized spacial score (nSPS) is 12.5. The van der Waals surface area contributed by atoms with Gasteiger partial charge < -0.3 is 10.2 Å². The van der Waals surface area contributed by atoms with E-state index >= 15 is 0 Å². The molecule has 0 radical (unpaired) electrons. The van der Waals surface area contributed by atoms with E-state index in [4.69, 9.17) is 0 Å². The van der Waals surface area contributed by atoms with Crippen molar-refractivity contribution < 1.29 is 8.42 Å². The number of unbranched alkanes of at least 4 members (excludes halogenated alkanes) is 1. The number of nitrogens with one attached hydrogen (secondary N) is 2. The SMILES string of the molecule is CC(C)NCc1cc(S(=O)(=O)NCCCCN(C)C)cs1. The van der Waals surface area contributed by atoms with Crippen molar-refractivity contribution >= 4 is 21.4 Å². The van der Waals surface area contributed by atoms with Crippen LogP contribution in [0.5, 0.6) is 0 Å². The Balaban J connectivity index is 2.43. The molecule has 0 aliphatic carbocycles. The largest absolute Gasteiger partial charge is 0.310 e. The lowest BCUT2D eigenvalue weighted by molar-refractivity contribution is 0.394. The maximum absolute atomic E-state index is 12.1. The first-order chi connectivity index (χ1) is 9.81. The van der Waals surface area contributed by atoms with E-state index < -0.39 is 10.0 Å². The van der Waals surface area contributed by atoms with Gasteiger partial charge in [0.2, 0.25) is 10.0 Å². The summed E-state index contributed by atoms with van der Waals surface area (Å²) >= 11 is 1.48. The smallest absolute Gasteiger partial charge is 0.241 e. The first-order valence-electron chi connectivity index (χ1n) is 7.26. The Morgan fingerprint density at radius 2 is 2.00 bits per heavy atom. The van der Waals surface area contributed by atoms with Crippen LogP contribution in [-0.4, -0.2) is 46.5 Å². The molecule has 1 aromatic rings. The molecule has 0 fully saturated rings. The molecule has 0 amide bonds. The second-order valence-electron chi connectivity index (χ2n) is 5.69. The van der Waals surface area contributed by atoms with Gasteiger partial charge in [0.05, 0.1) is 4.90 Å². The van der Waals surface area contributed by atoms with Crippen LogP contribution in [0.2, 0.25) is 0 Å². The van der Waals surface area contributed by atoms with Crippen LogP contribution in [0.15, 0.2) is 16.3 Å². The highest BCUT2D eigenvalue weighted by Crippen LogP contribution is 2.19. The zero-order chi connectivity index (χ0) is 15.9. The van der Waals surface area contributed by atoms with Gasteiger partial charge in [-0.2, -0.15) is 0 Å². The summed E-state index contributed by atoms with van der Waals surface area (Å²) in [5, 5.41) is 5.00. The fraction of sp³-hybridized carbons (Fsp3) is 0.714. The molecule has 1 rings (SSSR count). The van der Waals surface area contributed by atoms with E-state index in [-0.39, 0.29) is 0 Å². The molecule has 0 aliphatic heterocycles. The van der Waals surface area contributed by atoms with Gasteiger partial charge in [-0.05, 0) is 39.5 Å². The minimum absolute atomic E-state index is 0.376. The molecule has 1 aromatic heterocycles. The van der Waals surface area contributed by atoms with Crippen molar-refractivity contribution in [2.24, 2.45) is 0 Å². The molecule has 1 heterocycles. The summed E-state index contributed by atoms with van der Waals surface area (Å²) in [4.78, 5) is 3.51. The van der Waals surface area contributed by atoms with Crippen molar-refractivity contribution in [1.29, 1.82) is 0 Å². The number of nitrogens with zero attached hydrogens (tertiary/aromatic N) is 1. The van der Waals surface area contributed by atoms with Crippen LogP contribution >= 0.6 is 11.3 Å². The number of hydrogen-bond donors (Lipinski definition) is 2. The van der Waals surface area contributed by atoms with Crippen molar-refractivity contribution in [3.05, 3.63) is 16.3 Å². The van der Waals surface area contributed by atoms with Crippen molar-refractivity contribution in [3.63, 3.8) is 0 Å². The Morgan fingerprint density at radius 1 is 1.29 bits per heavy atom. The van der Waals surface area contributed by atoms with Crippen LogP contribution < -0.4 is 10.0 Å². The van der Waals surface area contributed by atoms with Gasteiger partial charge in [-0.3, -0.25) is 0 Å². The molecule has 5 nitrogen and oxygen atoms in total. The van der Waals surface area contributed by atoms with Crippen LogP contribution in [0.3, 0.4) is 0 Å². The molecule has 122 valence electrons. The molecule has 2 N–H and O–H groups in total. The molecule has 0 unspecified atom stereocenters. The zero-order valence-electron chi connectivity index (χ0n) is 13.3. The fourth-order valence-corrected chi connectivity index (χ4v) is 4.04. The van der Waals surface area contributed by atoms with Gasteiger partial charge in [0.25, 0.3) is 0 Å². The summed E-state index contributed by atoms with van der Waals surface area (Å²) in [5.41, 5.74) is 0. The van der Waals surface area contributed by atoms with Crippen molar-refractivity contribution in [1.82, 2.24) is 14.9 Å². The highest BCUT2D eigenvalue weighted by atomic mass is 32.2. The van der Waals surface area contributed by atoms with Crippen LogP contribution in [0.25, 0.3) is 0 Å². The maximum atomic E-state index is 12.1. The van der Waals surface area contributed by atoms with Gasteiger partial charge in [-0.25, -0.2) is 13.1 Å². The van der Waals surface area contributed by atoms with E-state index in [0.717, 1.165) is 24.3 Å². The molecule has 7 heteroatoms. The minimum atomic E-state index is -3.36. The highest BCUT2D eigenvalue weighted by molar-refractivity contribution is 7.89. The first-order valence-corrected chi connectivity index (χ1v) is 9.62. The quantitative estimate of drug-likeness (QED) is 0.642. The summed E-state index contributed by atoms with van der Waals surface area (Å²) in [5.74, 6) is 0. The average molecular weight is 334 g/mol. The van der Waals surface area contributed by atoms with Crippen molar-refractivity contribution in [2.45, 2.75) is 44.2 Å². The Morgan fingerprint density at radius 3 is 2.62 bits per heavy atom. The second-order valence-corrected chi connectivity index (χ2v) is 8.46. The lowest BCUT2D eigenvalue weighted by Crippen LogP contribution is -2.25. The molecule has 0 bridgehead atoms. The van der Waals surface area contributed by atoms with E-state index in [1.165, 1.54) is 11.3 Å². The van der Waals surface area contributed by atoms with Crippen molar-refractivity contribution in [3.8, 4) is 0 Å². The summed E-state index contributed by atoms with van der Waals surface area (Å²) in [6.07, 6.45) is 1.84. The Kier molecular flexibility index (Phi) is 7.83. The third kappa shape index (κ3) is 7.37. The molecule has 21 heavy (non-hydrogen) atoms. The third-order valence-corrected chi connectivity index (χ3v) is 5.48. The van der Waals surface area contributed by atoms with Gasteiger partial charge in [0.1, 0.15) is 0 Å². The standard InChI is InChI=1S/C14H27N3O2S2/c1-12(2)15-10-13-9-14(11-20-13)21(18,19)16-7-5-6-8-17(3)4/h9,11-12,15-16H,5-8,10H2,1-4H3. The van der Waals surface area contributed by atoms with E-state index in [9.17, 15) is 8.42 Å². The van der Waals surface area contributed by atoms with Gasteiger partial charge in [-0.1, -0.05) is 13.8 Å². The highest BCUT2D eigenvalue weighted by Gasteiger charge is 2.15. The van der Waals surface area contributed by atoms with Gasteiger partial charge in [0, 0.05) is 29.4 Å². The van der Waals surface area contributed by atoms with E-state index in [1.54, 1.807) is 11.4 Å². The van der Waals surface area contributed by atoms with Gasteiger partial charge >= 0.3 is 0 Å². The average Bonchev–Trinajstić information content (AvgIpc) is 2.85. The van der Waals surface area contributed by atoms with Crippen LogP contribution in [0.4, 0.5) is 0 Å². The molecule has 0 aliphatic rings. The fourth-order valence-electron chi connectivity index (χ4n) is 1.74. The monoisotopic (exact) mass is 333 g/mol. The second kappa shape index (κ2) is 8.85. The number of sulfonamides is 1. The van der Waals surface area contributed by atoms with Gasteiger partial charge in [-0.15, -0.1) is 11.3 Å². The van der Waals surface area contributed by atoms with Gasteiger partial charge in [0.15, 0.2) is 0 Å². The molecule has 0 saturated carbocycles. The summed E-state index contributed by atoms with van der Waals surface area (Å²) < 4.78 is 27.0. The maximum Gasteiger partial charge on any atom is 0.241 e. The predicted molar refractivity (Wildman–Crippen MR) is 89.3 cm³/mol. The minimum Gasteiger partial charge on any atom is -0.310 e. The summed E-state index contributed by atoms with van der Waals surface area (Å²) in [6, 6.07) is 2.14. The van der Waals surface area contributed by atoms with E-state index in [2.05, 4.69) is 28.8 Å². The number of hydrogen-bond acceptors (Lipinski definition) is 5. The molecule has 0 spiro atoms. The molecule has 0 aromatic carbocycles. The Bertz CT molecular complexity index is 510. The van der Waals surface area contributed by atoms with E-state index in [1.807, 2.05) is 14.1 Å². The molecular formula is C14H27N3O2S2. The molecule has 0 saturated heterocycles. The number of thiophene rings is 1.